The molecule has 10 nitrogen and oxygen atoms in total. The molecule has 3 amide bonds. The second kappa shape index (κ2) is 9.60. The summed E-state index contributed by atoms with van der Waals surface area (Å²) in [6, 6.07) is 8.83. The normalized spacial score (nSPS) is 17.8. The Labute approximate surface area is 191 Å². The topological polar surface area (TPSA) is 116 Å². The maximum Gasteiger partial charge on any atom is 0.346 e. The van der Waals surface area contributed by atoms with Crippen LogP contribution in [0, 0.1) is 0 Å². The quantitative estimate of drug-likeness (QED) is 0.282. The van der Waals surface area contributed by atoms with E-state index in [0.29, 0.717) is 35.0 Å². The van der Waals surface area contributed by atoms with Crippen molar-refractivity contribution >= 4 is 24.1 Å². The number of imide groups is 1. The number of benzene rings is 2. The number of urea groups is 1. The first-order valence-corrected chi connectivity index (χ1v) is 10.1. The highest BCUT2D eigenvalue weighted by Crippen LogP contribution is 2.38. The molecule has 1 aliphatic rings. The molecule has 0 aliphatic carbocycles. The number of hydrogen-bond donors (Lipinski definition) is 1. The molecule has 1 N–H and O–H groups in total. The molecule has 0 saturated carbocycles. The largest absolute Gasteiger partial charge is 0.493 e. The zero-order chi connectivity index (χ0) is 24.2. The highest BCUT2D eigenvalue weighted by atomic mass is 16.5. The van der Waals surface area contributed by atoms with Crippen LogP contribution in [0.3, 0.4) is 0 Å². The Balaban J connectivity index is 1.71. The highest BCUT2D eigenvalue weighted by Gasteiger charge is 2.46. The van der Waals surface area contributed by atoms with Gasteiger partial charge in [-0.05, 0) is 55.3 Å². The number of nitrogens with zero attached hydrogens (tertiary/aromatic N) is 2. The van der Waals surface area contributed by atoms with Crippen LogP contribution in [-0.4, -0.2) is 56.0 Å². The number of esters is 1. The van der Waals surface area contributed by atoms with Crippen molar-refractivity contribution in [1.29, 1.82) is 0 Å². The molecule has 0 aromatic heterocycles. The second-order valence-corrected chi connectivity index (χ2v) is 7.35. The fourth-order valence-corrected chi connectivity index (χ4v) is 3.12. The molecule has 3 rings (SSSR count). The van der Waals surface area contributed by atoms with Gasteiger partial charge < -0.3 is 24.3 Å². The smallest absolute Gasteiger partial charge is 0.346 e. The lowest BCUT2D eigenvalue weighted by molar-refractivity contribution is -0.130. The molecule has 10 heteroatoms. The predicted molar refractivity (Wildman–Crippen MR) is 119 cm³/mol. The number of carbonyl (C=O) groups excluding carboxylic acids is 3. The third-order valence-electron chi connectivity index (χ3n) is 5.26. The summed E-state index contributed by atoms with van der Waals surface area (Å²) in [6.45, 7) is 3.46. The van der Waals surface area contributed by atoms with Gasteiger partial charge in [0.05, 0.1) is 33.1 Å². The summed E-state index contributed by atoms with van der Waals surface area (Å²) < 4.78 is 21.2. The SMILES string of the molecule is CCC1(C)NC(=O)N(N=Cc2ccc(OC(=O)c3cc(OC)c(OC)c(OC)c3)cc2)C1=O. The van der Waals surface area contributed by atoms with Crippen molar-refractivity contribution in [2.75, 3.05) is 21.3 Å². The van der Waals surface area contributed by atoms with Crippen LogP contribution in [0.5, 0.6) is 23.0 Å². The fraction of sp³-hybridized carbons (Fsp3) is 0.304. The van der Waals surface area contributed by atoms with E-state index in [0.717, 1.165) is 5.01 Å². The number of methoxy groups -OCH3 is 3. The van der Waals surface area contributed by atoms with E-state index >= 15 is 0 Å². The summed E-state index contributed by atoms with van der Waals surface area (Å²) in [5.74, 6) is 0.283. The van der Waals surface area contributed by atoms with Crippen LogP contribution in [0.15, 0.2) is 41.5 Å². The molecule has 2 aromatic carbocycles. The molecule has 2 aromatic rings. The van der Waals surface area contributed by atoms with Crippen molar-refractivity contribution in [3.8, 4) is 23.0 Å². The third kappa shape index (κ3) is 4.74. The second-order valence-electron chi connectivity index (χ2n) is 7.35. The van der Waals surface area contributed by atoms with Gasteiger partial charge in [-0.2, -0.15) is 5.10 Å². The minimum atomic E-state index is -0.959. The first kappa shape index (κ1) is 23.6. The Morgan fingerprint density at radius 2 is 1.67 bits per heavy atom. The van der Waals surface area contributed by atoms with Gasteiger partial charge in [0.1, 0.15) is 11.3 Å². The Hall–Kier alpha value is -4.08. The van der Waals surface area contributed by atoms with E-state index < -0.39 is 23.4 Å². The van der Waals surface area contributed by atoms with Gasteiger partial charge >= 0.3 is 12.0 Å². The van der Waals surface area contributed by atoms with Crippen LogP contribution in [0.1, 0.15) is 36.2 Å². The number of amides is 3. The van der Waals surface area contributed by atoms with Crippen molar-refractivity contribution in [2.24, 2.45) is 5.10 Å². The van der Waals surface area contributed by atoms with E-state index in [4.69, 9.17) is 18.9 Å². The molecule has 0 spiro atoms. The summed E-state index contributed by atoms with van der Waals surface area (Å²) >= 11 is 0. The lowest BCUT2D eigenvalue weighted by atomic mass is 10.00. The molecule has 174 valence electrons. The van der Waals surface area contributed by atoms with Crippen LogP contribution >= 0.6 is 0 Å². The zero-order valence-electron chi connectivity index (χ0n) is 19.0. The molecule has 1 atom stereocenters. The first-order valence-electron chi connectivity index (χ1n) is 10.1. The van der Waals surface area contributed by atoms with E-state index in [-0.39, 0.29) is 5.56 Å². The van der Waals surface area contributed by atoms with E-state index in [1.165, 1.54) is 39.7 Å². The number of ether oxygens (including phenoxy) is 4. The Kier molecular flexibility index (Phi) is 6.86. The zero-order valence-corrected chi connectivity index (χ0v) is 19.0. The molecule has 33 heavy (non-hydrogen) atoms. The lowest BCUT2D eigenvalue weighted by Crippen LogP contribution is -2.42. The minimum absolute atomic E-state index is 0.215. The van der Waals surface area contributed by atoms with Crippen molar-refractivity contribution in [3.05, 3.63) is 47.5 Å². The van der Waals surface area contributed by atoms with Crippen molar-refractivity contribution in [3.63, 3.8) is 0 Å². The maximum absolute atomic E-state index is 12.6. The molecule has 1 heterocycles. The van der Waals surface area contributed by atoms with Crippen LogP contribution in [-0.2, 0) is 4.79 Å². The van der Waals surface area contributed by atoms with Crippen LogP contribution < -0.4 is 24.3 Å². The van der Waals surface area contributed by atoms with Crippen molar-refractivity contribution in [2.45, 2.75) is 25.8 Å². The molecular weight excluding hydrogens is 430 g/mol. The Bertz CT molecular complexity index is 1070. The van der Waals surface area contributed by atoms with Gasteiger partial charge in [0.2, 0.25) is 5.75 Å². The highest BCUT2D eigenvalue weighted by molar-refractivity contribution is 6.07. The van der Waals surface area contributed by atoms with E-state index in [1.54, 1.807) is 31.2 Å². The summed E-state index contributed by atoms with van der Waals surface area (Å²) in [5, 5.41) is 7.42. The Morgan fingerprint density at radius 1 is 1.06 bits per heavy atom. The minimum Gasteiger partial charge on any atom is -0.493 e. The van der Waals surface area contributed by atoms with Crippen LogP contribution in [0.25, 0.3) is 0 Å². The average molecular weight is 455 g/mol. The van der Waals surface area contributed by atoms with Crippen LogP contribution in [0.2, 0.25) is 0 Å². The fourth-order valence-electron chi connectivity index (χ4n) is 3.12. The molecule has 1 saturated heterocycles. The number of carbonyl (C=O) groups is 3. The molecular formula is C23H25N3O7. The summed E-state index contributed by atoms with van der Waals surface area (Å²) in [7, 11) is 4.38. The maximum atomic E-state index is 12.6. The van der Waals surface area contributed by atoms with E-state index in [2.05, 4.69) is 10.4 Å². The predicted octanol–water partition coefficient (Wildman–Crippen LogP) is 2.99. The molecule has 0 bridgehead atoms. The third-order valence-corrected chi connectivity index (χ3v) is 5.26. The van der Waals surface area contributed by atoms with Gasteiger partial charge in [0, 0.05) is 0 Å². The summed E-state index contributed by atoms with van der Waals surface area (Å²) in [5.41, 5.74) is -0.139. The van der Waals surface area contributed by atoms with Crippen molar-refractivity contribution < 1.29 is 33.3 Å². The molecule has 1 unspecified atom stereocenters. The van der Waals surface area contributed by atoms with E-state index in [1.807, 2.05) is 6.92 Å². The molecule has 1 aliphatic heterocycles. The number of nitrogens with one attached hydrogen (secondary N) is 1. The summed E-state index contributed by atoms with van der Waals surface area (Å²) in [6.07, 6.45) is 1.83. The van der Waals surface area contributed by atoms with Crippen molar-refractivity contribution in [1.82, 2.24) is 10.3 Å². The summed E-state index contributed by atoms with van der Waals surface area (Å²) in [4.78, 5) is 37.0. The number of rotatable bonds is 8. The lowest BCUT2D eigenvalue weighted by Gasteiger charge is -2.17. The molecule has 0 radical (unpaired) electrons. The van der Waals surface area contributed by atoms with Gasteiger partial charge in [-0.25, -0.2) is 9.59 Å². The van der Waals surface area contributed by atoms with Crippen LogP contribution in [0.4, 0.5) is 4.79 Å². The Morgan fingerprint density at radius 3 is 2.15 bits per heavy atom. The molecule has 1 fully saturated rings. The van der Waals surface area contributed by atoms with Gasteiger partial charge in [-0.3, -0.25) is 4.79 Å². The van der Waals surface area contributed by atoms with Gasteiger partial charge in [0.15, 0.2) is 11.5 Å². The first-order chi connectivity index (χ1) is 15.8. The van der Waals surface area contributed by atoms with Gasteiger partial charge in [0.25, 0.3) is 5.91 Å². The standard InChI is InChI=1S/C23H25N3O7/c1-6-23(2)21(28)26(22(29)25-23)24-13-14-7-9-16(10-8-14)33-20(27)15-11-17(30-3)19(32-5)18(12-15)31-4/h7-13H,6H2,1-5H3,(H,25,29). The monoisotopic (exact) mass is 455 g/mol. The number of hydrazone groups is 1. The average Bonchev–Trinajstić information content (AvgIpc) is 3.05. The van der Waals surface area contributed by atoms with Gasteiger partial charge in [-0.15, -0.1) is 5.01 Å². The van der Waals surface area contributed by atoms with E-state index in [9.17, 15) is 14.4 Å². The number of hydrogen-bond acceptors (Lipinski definition) is 8. The van der Waals surface area contributed by atoms with Gasteiger partial charge in [-0.1, -0.05) is 6.92 Å².